The Morgan fingerprint density at radius 3 is 2.87 bits per heavy atom. The summed E-state index contributed by atoms with van der Waals surface area (Å²) in [6.07, 6.45) is 0.703. The molecule has 0 radical (unpaired) electrons. The van der Waals surface area contributed by atoms with Gasteiger partial charge in [0.2, 0.25) is 0 Å². The van der Waals surface area contributed by atoms with E-state index in [4.69, 9.17) is 0 Å². The molecule has 3 heteroatoms. The summed E-state index contributed by atoms with van der Waals surface area (Å²) in [7, 11) is 0. The molecular weight excluding hydrogens is 259 g/mol. The summed E-state index contributed by atoms with van der Waals surface area (Å²) in [4.78, 5) is 11.2. The van der Waals surface area contributed by atoms with Gasteiger partial charge in [-0.25, -0.2) is 4.39 Å². The van der Waals surface area contributed by atoms with Gasteiger partial charge in [0, 0.05) is 22.9 Å². The van der Waals surface area contributed by atoms with E-state index in [1.807, 2.05) is 0 Å². The van der Waals surface area contributed by atoms with Crippen LogP contribution >= 0.6 is 15.9 Å². The zero-order valence-electron chi connectivity index (χ0n) is 8.31. The topological polar surface area (TPSA) is 17.1 Å². The van der Waals surface area contributed by atoms with Crippen LogP contribution < -0.4 is 0 Å². The van der Waals surface area contributed by atoms with Gasteiger partial charge in [-0.1, -0.05) is 27.8 Å². The molecule has 1 rings (SSSR count). The number of benzene rings is 1. The zero-order valence-corrected chi connectivity index (χ0v) is 9.90. The van der Waals surface area contributed by atoms with Gasteiger partial charge in [-0.05, 0) is 25.1 Å². The summed E-state index contributed by atoms with van der Waals surface area (Å²) in [6, 6.07) is 4.07. The summed E-state index contributed by atoms with van der Waals surface area (Å²) in [5.41, 5.74) is 0.932. The first kappa shape index (κ1) is 11.9. The fourth-order valence-corrected chi connectivity index (χ4v) is 1.32. The van der Waals surface area contributed by atoms with Crippen molar-refractivity contribution in [3.63, 3.8) is 0 Å². The predicted molar refractivity (Wildman–Crippen MR) is 61.7 cm³/mol. The van der Waals surface area contributed by atoms with Crippen molar-refractivity contribution >= 4 is 21.7 Å². The van der Waals surface area contributed by atoms with Gasteiger partial charge in [-0.2, -0.15) is 0 Å². The summed E-state index contributed by atoms with van der Waals surface area (Å²) in [5.74, 6) is 5.17. The molecule has 0 spiro atoms. The van der Waals surface area contributed by atoms with E-state index < -0.39 is 5.82 Å². The number of carbonyl (C=O) groups excluding carboxylic acids is 1. The van der Waals surface area contributed by atoms with Crippen LogP contribution in [0, 0.1) is 17.7 Å². The predicted octanol–water partition coefficient (Wildman–Crippen LogP) is 3.16. The molecule has 0 aliphatic heterocycles. The first-order chi connectivity index (χ1) is 7.15. The summed E-state index contributed by atoms with van der Waals surface area (Å²) >= 11 is 3.25. The minimum absolute atomic E-state index is 0.169. The van der Waals surface area contributed by atoms with Gasteiger partial charge in [0.1, 0.15) is 5.82 Å². The smallest absolute Gasteiger partial charge is 0.161 e. The fraction of sp³-hybridized carbons (Fsp3) is 0.250. The van der Waals surface area contributed by atoms with Gasteiger partial charge < -0.3 is 0 Å². The zero-order chi connectivity index (χ0) is 11.3. The lowest BCUT2D eigenvalue weighted by Gasteiger charge is -1.99. The maximum Gasteiger partial charge on any atom is 0.161 e. The molecule has 1 aromatic carbocycles. The van der Waals surface area contributed by atoms with E-state index in [1.165, 1.54) is 25.1 Å². The second-order valence-corrected chi connectivity index (χ2v) is 3.78. The number of Topliss-reactive ketones (excluding diaryl/α,β-unsaturated/α-hetero) is 1. The van der Waals surface area contributed by atoms with Crippen LogP contribution in [0.3, 0.4) is 0 Å². The molecule has 0 aliphatic carbocycles. The number of hydrogen-bond acceptors (Lipinski definition) is 1. The molecule has 0 heterocycles. The lowest BCUT2D eigenvalue weighted by atomic mass is 10.0. The van der Waals surface area contributed by atoms with E-state index in [0.29, 0.717) is 17.5 Å². The lowest BCUT2D eigenvalue weighted by molar-refractivity contribution is 0.101. The maximum absolute atomic E-state index is 12.9. The number of hydrogen-bond donors (Lipinski definition) is 0. The van der Waals surface area contributed by atoms with Gasteiger partial charge in [0.15, 0.2) is 5.78 Å². The summed E-state index contributed by atoms with van der Waals surface area (Å²) in [5, 5.41) is 0.788. The quantitative estimate of drug-likeness (QED) is 0.458. The van der Waals surface area contributed by atoms with E-state index in [2.05, 4.69) is 27.8 Å². The Labute approximate surface area is 96.8 Å². The third kappa shape index (κ3) is 3.49. The van der Waals surface area contributed by atoms with E-state index in [9.17, 15) is 9.18 Å². The normalized spacial score (nSPS) is 9.27. The van der Waals surface area contributed by atoms with Crippen molar-refractivity contribution in [1.29, 1.82) is 0 Å². The molecule has 0 amide bonds. The van der Waals surface area contributed by atoms with Crippen LogP contribution in [-0.2, 0) is 0 Å². The number of halogens is 2. The Kier molecular flexibility index (Phi) is 4.51. The van der Waals surface area contributed by atoms with Gasteiger partial charge in [0.05, 0.1) is 0 Å². The number of ketones is 1. The lowest BCUT2D eigenvalue weighted by Crippen LogP contribution is -1.97. The van der Waals surface area contributed by atoms with E-state index in [1.54, 1.807) is 0 Å². The van der Waals surface area contributed by atoms with Crippen molar-refractivity contribution < 1.29 is 9.18 Å². The third-order valence-electron chi connectivity index (χ3n) is 1.80. The molecule has 1 aromatic rings. The minimum Gasteiger partial charge on any atom is -0.294 e. The van der Waals surface area contributed by atoms with Crippen molar-refractivity contribution in [3.8, 4) is 11.8 Å². The Bertz CT molecular complexity index is 429. The second kappa shape index (κ2) is 5.67. The Hall–Kier alpha value is -1.14. The number of alkyl halides is 1. The number of rotatable bonds is 2. The fourth-order valence-electron chi connectivity index (χ4n) is 1.12. The van der Waals surface area contributed by atoms with Crippen molar-refractivity contribution in [1.82, 2.24) is 0 Å². The largest absolute Gasteiger partial charge is 0.294 e. The molecule has 1 nitrogen and oxygen atoms in total. The highest BCUT2D eigenvalue weighted by Gasteiger charge is 2.06. The molecule has 0 fully saturated rings. The van der Waals surface area contributed by atoms with E-state index >= 15 is 0 Å². The van der Waals surface area contributed by atoms with E-state index in [-0.39, 0.29) is 5.78 Å². The van der Waals surface area contributed by atoms with Crippen LogP contribution in [-0.4, -0.2) is 11.1 Å². The van der Waals surface area contributed by atoms with Gasteiger partial charge in [-0.15, -0.1) is 0 Å². The van der Waals surface area contributed by atoms with Crippen molar-refractivity contribution in [2.24, 2.45) is 0 Å². The Morgan fingerprint density at radius 2 is 2.27 bits per heavy atom. The highest BCUT2D eigenvalue weighted by Crippen LogP contribution is 2.11. The van der Waals surface area contributed by atoms with E-state index in [0.717, 1.165) is 5.33 Å². The molecule has 0 saturated carbocycles. The number of carbonyl (C=O) groups is 1. The van der Waals surface area contributed by atoms with Crippen LogP contribution in [0.15, 0.2) is 18.2 Å². The van der Waals surface area contributed by atoms with Crippen LogP contribution in [0.2, 0.25) is 0 Å². The summed E-state index contributed by atoms with van der Waals surface area (Å²) in [6.45, 7) is 1.41. The van der Waals surface area contributed by atoms with Crippen LogP contribution in [0.5, 0.6) is 0 Å². The average molecular weight is 269 g/mol. The van der Waals surface area contributed by atoms with Crippen molar-refractivity contribution in [2.75, 3.05) is 5.33 Å². The van der Waals surface area contributed by atoms with Crippen molar-refractivity contribution in [3.05, 3.63) is 35.1 Å². The average Bonchev–Trinajstić information content (AvgIpc) is 2.20. The highest BCUT2D eigenvalue weighted by molar-refractivity contribution is 9.09. The monoisotopic (exact) mass is 268 g/mol. The Morgan fingerprint density at radius 1 is 1.53 bits per heavy atom. The molecule has 0 N–H and O–H groups in total. The van der Waals surface area contributed by atoms with Crippen LogP contribution in [0.1, 0.15) is 29.3 Å². The summed E-state index contributed by atoms with van der Waals surface area (Å²) < 4.78 is 12.9. The van der Waals surface area contributed by atoms with Crippen LogP contribution in [0.25, 0.3) is 0 Å². The molecule has 0 bridgehead atoms. The standard InChI is InChI=1S/C12H10BrFO/c1-9(15)12-8-11(14)6-5-10(12)4-2-3-7-13/h5-6,8H,3,7H2,1H3. The second-order valence-electron chi connectivity index (χ2n) is 2.99. The van der Waals surface area contributed by atoms with Gasteiger partial charge in [0.25, 0.3) is 0 Å². The molecule has 15 heavy (non-hydrogen) atoms. The molecular formula is C12H10BrFO. The molecule has 78 valence electrons. The molecule has 0 aliphatic rings. The Balaban J connectivity index is 3.08. The molecule has 0 atom stereocenters. The molecule has 0 unspecified atom stereocenters. The first-order valence-electron chi connectivity index (χ1n) is 4.50. The van der Waals surface area contributed by atoms with Crippen molar-refractivity contribution in [2.45, 2.75) is 13.3 Å². The van der Waals surface area contributed by atoms with Gasteiger partial charge in [-0.3, -0.25) is 4.79 Å². The minimum atomic E-state index is -0.411. The SMILES string of the molecule is CC(=O)c1cc(F)ccc1C#CCCBr. The van der Waals surface area contributed by atoms with Crippen LogP contribution in [0.4, 0.5) is 4.39 Å². The molecule has 0 aromatic heterocycles. The third-order valence-corrected chi connectivity index (χ3v) is 2.20. The maximum atomic E-state index is 12.9. The van der Waals surface area contributed by atoms with Gasteiger partial charge >= 0.3 is 0 Å². The first-order valence-corrected chi connectivity index (χ1v) is 5.62. The molecule has 0 saturated heterocycles. The highest BCUT2D eigenvalue weighted by atomic mass is 79.9.